The summed E-state index contributed by atoms with van der Waals surface area (Å²) in [6.45, 7) is 5.22. The fraction of sp³-hybridized carbons (Fsp3) is 0.364. The second kappa shape index (κ2) is 9.67. The summed E-state index contributed by atoms with van der Waals surface area (Å²) in [4.78, 5) is 4.00. The number of benzene rings is 2. The summed E-state index contributed by atoms with van der Waals surface area (Å²) in [6, 6.07) is 14.1. The van der Waals surface area contributed by atoms with Gasteiger partial charge >= 0.3 is 0 Å². The van der Waals surface area contributed by atoms with E-state index in [9.17, 15) is 10.5 Å². The highest BCUT2D eigenvalue weighted by Crippen LogP contribution is 2.52. The van der Waals surface area contributed by atoms with Crippen LogP contribution in [0.4, 0.5) is 11.4 Å². The number of para-hydroxylation sites is 1. The molecule has 0 N–H and O–H groups in total. The number of ether oxygens (including phenoxy) is 3. The minimum Gasteiger partial charge on any atom is -0.490 e. The summed E-state index contributed by atoms with van der Waals surface area (Å²) < 4.78 is 17.2. The highest BCUT2D eigenvalue weighted by molar-refractivity contribution is 7.99. The second-order valence-corrected chi connectivity index (χ2v) is 7.39. The van der Waals surface area contributed by atoms with E-state index in [-0.39, 0.29) is 11.9 Å². The lowest BCUT2D eigenvalue weighted by molar-refractivity contribution is -0.142. The third-order valence-electron chi connectivity index (χ3n) is 4.54. The molecule has 3 rings (SSSR count). The molecule has 0 aliphatic carbocycles. The van der Waals surface area contributed by atoms with Crippen LogP contribution in [0.2, 0.25) is 0 Å². The van der Waals surface area contributed by atoms with Gasteiger partial charge in [0.2, 0.25) is 0 Å². The van der Waals surface area contributed by atoms with E-state index in [2.05, 4.69) is 12.1 Å². The molecule has 6 nitrogen and oxygen atoms in total. The van der Waals surface area contributed by atoms with E-state index < -0.39 is 0 Å². The van der Waals surface area contributed by atoms with Gasteiger partial charge in [-0.1, -0.05) is 23.9 Å². The molecule has 0 saturated heterocycles. The summed E-state index contributed by atoms with van der Waals surface area (Å²) >= 11 is 1.57. The number of rotatable bonds is 8. The number of nitrogens with zero attached hydrogens (tertiary/aromatic N) is 3. The van der Waals surface area contributed by atoms with Crippen LogP contribution in [-0.2, 0) is 9.47 Å². The quantitative estimate of drug-likeness (QED) is 0.578. The Morgan fingerprint density at radius 1 is 1.07 bits per heavy atom. The number of hydrogen-bond donors (Lipinski definition) is 0. The highest BCUT2D eigenvalue weighted by Gasteiger charge is 2.28. The molecule has 0 fully saturated rings. The van der Waals surface area contributed by atoms with Crippen molar-refractivity contribution in [2.24, 2.45) is 0 Å². The van der Waals surface area contributed by atoms with Gasteiger partial charge in [0.1, 0.15) is 17.7 Å². The molecule has 0 atom stereocenters. The molecule has 2 aromatic rings. The van der Waals surface area contributed by atoms with Crippen LogP contribution in [0.3, 0.4) is 0 Å². The van der Waals surface area contributed by atoms with Crippen molar-refractivity contribution in [2.45, 2.75) is 36.3 Å². The average molecular weight is 410 g/mol. The van der Waals surface area contributed by atoms with Crippen molar-refractivity contribution in [3.05, 3.63) is 41.5 Å². The second-order valence-electron chi connectivity index (χ2n) is 6.30. The zero-order chi connectivity index (χ0) is 20.8. The normalized spacial score (nSPS) is 12.1. The van der Waals surface area contributed by atoms with Crippen LogP contribution >= 0.6 is 11.8 Å². The van der Waals surface area contributed by atoms with Gasteiger partial charge < -0.3 is 19.1 Å². The molecule has 7 heteroatoms. The van der Waals surface area contributed by atoms with Gasteiger partial charge in [-0.15, -0.1) is 0 Å². The van der Waals surface area contributed by atoms with E-state index in [1.54, 1.807) is 17.8 Å². The van der Waals surface area contributed by atoms with Crippen LogP contribution in [0.15, 0.2) is 40.1 Å². The van der Waals surface area contributed by atoms with Gasteiger partial charge in [-0.05, 0) is 32.0 Å². The Bertz CT molecular complexity index is 959. The molecule has 1 aliphatic rings. The standard InChI is InChI=1S/C22H23N3O3S/c1-4-26-20(27-5-2)10-11-28-22-16(14-24)15(13-23)12-19-21(22)25(3)17-8-6-7-9-18(17)29-19/h6-9,12,20H,4-5,10-11H2,1-3H3. The Labute approximate surface area is 175 Å². The van der Waals surface area contributed by atoms with E-state index in [1.165, 1.54) is 0 Å². The van der Waals surface area contributed by atoms with Crippen LogP contribution in [0.1, 0.15) is 31.4 Å². The van der Waals surface area contributed by atoms with E-state index in [1.807, 2.05) is 50.1 Å². The predicted molar refractivity (Wildman–Crippen MR) is 112 cm³/mol. The van der Waals surface area contributed by atoms with Crippen LogP contribution in [-0.4, -0.2) is 33.2 Å². The Balaban J connectivity index is 1.96. The molecule has 2 aromatic carbocycles. The Kier molecular flexibility index (Phi) is 7.00. The van der Waals surface area contributed by atoms with Crippen LogP contribution < -0.4 is 9.64 Å². The molecule has 1 heterocycles. The fourth-order valence-corrected chi connectivity index (χ4v) is 4.46. The van der Waals surface area contributed by atoms with Gasteiger partial charge in [0.15, 0.2) is 12.0 Å². The predicted octanol–water partition coefficient (Wildman–Crippen LogP) is 4.83. The molecule has 1 aliphatic heterocycles. The van der Waals surface area contributed by atoms with Crippen LogP contribution in [0, 0.1) is 22.7 Å². The molecule has 29 heavy (non-hydrogen) atoms. The summed E-state index contributed by atoms with van der Waals surface area (Å²) in [5.41, 5.74) is 2.40. The third-order valence-corrected chi connectivity index (χ3v) is 5.64. The zero-order valence-corrected chi connectivity index (χ0v) is 17.6. The first kappa shape index (κ1) is 21.0. The first-order chi connectivity index (χ1) is 14.1. The molecule has 0 unspecified atom stereocenters. The summed E-state index contributed by atoms with van der Waals surface area (Å²) in [6.07, 6.45) is 0.157. The molecule has 150 valence electrons. The van der Waals surface area contributed by atoms with Gasteiger partial charge in [0.25, 0.3) is 0 Å². The molecule has 0 aromatic heterocycles. The summed E-state index contributed by atoms with van der Waals surface area (Å²) in [5.74, 6) is 0.429. The first-order valence-electron chi connectivity index (χ1n) is 9.52. The molecule has 0 amide bonds. The average Bonchev–Trinajstić information content (AvgIpc) is 2.73. The lowest BCUT2D eigenvalue weighted by Crippen LogP contribution is -2.21. The Morgan fingerprint density at radius 2 is 1.79 bits per heavy atom. The monoisotopic (exact) mass is 409 g/mol. The molecule has 0 saturated carbocycles. The number of hydrogen-bond acceptors (Lipinski definition) is 7. The molecule has 0 radical (unpaired) electrons. The maximum Gasteiger partial charge on any atom is 0.163 e. The largest absolute Gasteiger partial charge is 0.490 e. The van der Waals surface area contributed by atoms with Gasteiger partial charge in [-0.25, -0.2) is 0 Å². The highest BCUT2D eigenvalue weighted by atomic mass is 32.2. The molecule has 0 bridgehead atoms. The zero-order valence-electron chi connectivity index (χ0n) is 16.8. The Morgan fingerprint density at radius 3 is 2.45 bits per heavy atom. The van der Waals surface area contributed by atoms with Crippen molar-refractivity contribution in [3.63, 3.8) is 0 Å². The van der Waals surface area contributed by atoms with Crippen molar-refractivity contribution < 1.29 is 14.2 Å². The molecule has 0 spiro atoms. The van der Waals surface area contributed by atoms with Crippen molar-refractivity contribution in [3.8, 4) is 17.9 Å². The van der Waals surface area contributed by atoms with E-state index >= 15 is 0 Å². The van der Waals surface area contributed by atoms with Crippen molar-refractivity contribution >= 4 is 23.1 Å². The fourth-order valence-electron chi connectivity index (χ4n) is 3.26. The number of fused-ring (bicyclic) bond motifs is 2. The molecular formula is C22H23N3O3S. The minimum absolute atomic E-state index is 0.252. The number of anilines is 2. The summed E-state index contributed by atoms with van der Waals surface area (Å²) in [7, 11) is 1.95. The third kappa shape index (κ3) is 4.33. The van der Waals surface area contributed by atoms with Gasteiger partial charge in [-0.3, -0.25) is 0 Å². The smallest absolute Gasteiger partial charge is 0.163 e. The van der Waals surface area contributed by atoms with Crippen LogP contribution in [0.25, 0.3) is 0 Å². The van der Waals surface area contributed by atoms with Crippen molar-refractivity contribution in [1.29, 1.82) is 10.5 Å². The number of nitriles is 2. The lowest BCUT2D eigenvalue weighted by Gasteiger charge is -2.31. The van der Waals surface area contributed by atoms with E-state index in [0.717, 1.165) is 21.2 Å². The minimum atomic E-state index is -0.363. The van der Waals surface area contributed by atoms with E-state index in [0.29, 0.717) is 37.6 Å². The molecular weight excluding hydrogens is 386 g/mol. The SMILES string of the molecule is CCOC(CCOc1c(C#N)c(C#N)cc2c1N(C)c1ccccc1S2)OCC. The van der Waals surface area contributed by atoms with Gasteiger partial charge in [-0.2, -0.15) is 10.5 Å². The maximum atomic E-state index is 9.73. The lowest BCUT2D eigenvalue weighted by atomic mass is 10.1. The van der Waals surface area contributed by atoms with E-state index in [4.69, 9.17) is 14.2 Å². The van der Waals surface area contributed by atoms with Gasteiger partial charge in [0, 0.05) is 36.5 Å². The summed E-state index contributed by atoms with van der Waals surface area (Å²) in [5, 5.41) is 19.3. The maximum absolute atomic E-state index is 9.73. The van der Waals surface area contributed by atoms with Crippen LogP contribution in [0.5, 0.6) is 5.75 Å². The van der Waals surface area contributed by atoms with Gasteiger partial charge in [0.05, 0.1) is 23.5 Å². The topological polar surface area (TPSA) is 78.5 Å². The first-order valence-corrected chi connectivity index (χ1v) is 10.3. The van der Waals surface area contributed by atoms with Crippen molar-refractivity contribution in [1.82, 2.24) is 0 Å². The van der Waals surface area contributed by atoms with Crippen molar-refractivity contribution in [2.75, 3.05) is 31.8 Å². The Hall–Kier alpha value is -2.71.